The van der Waals surface area contributed by atoms with Gasteiger partial charge in [-0.1, -0.05) is 11.2 Å². The summed E-state index contributed by atoms with van der Waals surface area (Å²) in [5, 5.41) is 6.09. The first-order valence-electron chi connectivity index (χ1n) is 7.84. The molecule has 7 heteroatoms. The van der Waals surface area contributed by atoms with Crippen LogP contribution in [0.2, 0.25) is 0 Å². The maximum Gasteiger partial charge on any atom is 0.259 e. The third-order valence-corrected chi connectivity index (χ3v) is 5.04. The Bertz CT molecular complexity index is 816. The van der Waals surface area contributed by atoms with Gasteiger partial charge in [0.25, 0.3) is 5.89 Å². The molecule has 1 unspecified atom stereocenters. The molecule has 0 spiro atoms. The maximum absolute atomic E-state index is 12.4. The van der Waals surface area contributed by atoms with Gasteiger partial charge in [-0.3, -0.25) is 9.78 Å². The van der Waals surface area contributed by atoms with Crippen molar-refractivity contribution in [2.24, 2.45) is 0 Å². The number of pyridine rings is 1. The number of thiophene rings is 1. The lowest BCUT2D eigenvalue weighted by Crippen LogP contribution is -2.29. The van der Waals surface area contributed by atoms with E-state index < -0.39 is 0 Å². The topological polar surface area (TPSA) is 72.1 Å². The summed E-state index contributed by atoms with van der Waals surface area (Å²) in [6.07, 6.45) is 4.73. The van der Waals surface area contributed by atoms with E-state index in [9.17, 15) is 4.79 Å². The first kappa shape index (κ1) is 15.0. The summed E-state index contributed by atoms with van der Waals surface area (Å²) in [4.78, 5) is 23.9. The van der Waals surface area contributed by atoms with Crippen LogP contribution in [-0.4, -0.2) is 39.0 Å². The van der Waals surface area contributed by atoms with Crippen molar-refractivity contribution in [3.63, 3.8) is 0 Å². The standard InChI is InChI=1S/C17H16N4O2S/c22-15(9-14-4-2-8-24-14)21-7-5-13(11-21)16-19-17(23-20-16)12-3-1-6-18-10-12/h1-4,6,8,10,13H,5,7,9,11H2. The fourth-order valence-electron chi connectivity index (χ4n) is 2.88. The number of aromatic nitrogens is 3. The molecule has 0 aliphatic carbocycles. The van der Waals surface area contributed by atoms with Gasteiger partial charge >= 0.3 is 0 Å². The fourth-order valence-corrected chi connectivity index (χ4v) is 3.57. The normalized spacial score (nSPS) is 17.3. The summed E-state index contributed by atoms with van der Waals surface area (Å²) in [5.74, 6) is 1.43. The Hall–Kier alpha value is -2.54. The van der Waals surface area contributed by atoms with Gasteiger partial charge in [0, 0.05) is 36.3 Å². The zero-order chi connectivity index (χ0) is 16.4. The van der Waals surface area contributed by atoms with Crippen LogP contribution in [0, 0.1) is 0 Å². The number of likely N-dealkylation sites (tertiary alicyclic amines) is 1. The number of nitrogens with zero attached hydrogens (tertiary/aromatic N) is 4. The quantitative estimate of drug-likeness (QED) is 0.730. The minimum atomic E-state index is 0.131. The zero-order valence-corrected chi connectivity index (χ0v) is 13.8. The molecule has 0 aromatic carbocycles. The van der Waals surface area contributed by atoms with Crippen LogP contribution >= 0.6 is 11.3 Å². The van der Waals surface area contributed by atoms with Crippen molar-refractivity contribution in [1.82, 2.24) is 20.0 Å². The molecule has 1 fully saturated rings. The molecule has 1 aliphatic heterocycles. The summed E-state index contributed by atoms with van der Waals surface area (Å²) in [7, 11) is 0. The Morgan fingerprint density at radius 1 is 1.38 bits per heavy atom. The predicted molar refractivity (Wildman–Crippen MR) is 89.5 cm³/mol. The molecule has 122 valence electrons. The Kier molecular flexibility index (Phi) is 4.08. The summed E-state index contributed by atoms with van der Waals surface area (Å²) in [5.41, 5.74) is 0.805. The van der Waals surface area contributed by atoms with E-state index in [1.807, 2.05) is 34.5 Å². The zero-order valence-electron chi connectivity index (χ0n) is 13.0. The summed E-state index contributed by atoms with van der Waals surface area (Å²) < 4.78 is 5.34. The highest BCUT2D eigenvalue weighted by Gasteiger charge is 2.30. The molecular formula is C17H16N4O2S. The number of hydrogen-bond donors (Lipinski definition) is 0. The van der Waals surface area contributed by atoms with Crippen molar-refractivity contribution >= 4 is 17.2 Å². The van der Waals surface area contributed by atoms with Gasteiger partial charge in [-0.25, -0.2) is 0 Å². The summed E-state index contributed by atoms with van der Waals surface area (Å²) in [6.45, 7) is 1.39. The highest BCUT2D eigenvalue weighted by Crippen LogP contribution is 2.27. The largest absolute Gasteiger partial charge is 0.342 e. The maximum atomic E-state index is 12.4. The van der Waals surface area contributed by atoms with Crippen molar-refractivity contribution in [3.05, 3.63) is 52.7 Å². The molecule has 1 atom stereocenters. The van der Waals surface area contributed by atoms with Gasteiger partial charge in [0.05, 0.1) is 12.0 Å². The van der Waals surface area contributed by atoms with Crippen LogP contribution in [0.3, 0.4) is 0 Å². The molecule has 4 rings (SSSR count). The third-order valence-electron chi connectivity index (χ3n) is 4.16. The van der Waals surface area contributed by atoms with Crippen LogP contribution in [0.15, 0.2) is 46.6 Å². The molecule has 1 aliphatic rings. The molecular weight excluding hydrogens is 324 g/mol. The van der Waals surface area contributed by atoms with Gasteiger partial charge in [-0.2, -0.15) is 4.98 Å². The lowest BCUT2D eigenvalue weighted by Gasteiger charge is -2.15. The van der Waals surface area contributed by atoms with E-state index in [1.165, 1.54) is 0 Å². The Morgan fingerprint density at radius 3 is 3.12 bits per heavy atom. The monoisotopic (exact) mass is 340 g/mol. The lowest BCUT2D eigenvalue weighted by atomic mass is 10.1. The van der Waals surface area contributed by atoms with Gasteiger partial charge in [-0.15, -0.1) is 11.3 Å². The van der Waals surface area contributed by atoms with E-state index in [0.717, 1.165) is 23.4 Å². The molecule has 0 saturated carbocycles. The lowest BCUT2D eigenvalue weighted by molar-refractivity contribution is -0.129. The number of carbonyl (C=O) groups is 1. The average molecular weight is 340 g/mol. The van der Waals surface area contributed by atoms with Crippen LogP contribution in [-0.2, 0) is 11.2 Å². The molecule has 1 saturated heterocycles. The van der Waals surface area contributed by atoms with Crippen molar-refractivity contribution in [1.29, 1.82) is 0 Å². The van der Waals surface area contributed by atoms with Crippen LogP contribution < -0.4 is 0 Å². The molecule has 0 radical (unpaired) electrons. The van der Waals surface area contributed by atoms with E-state index in [0.29, 0.717) is 24.7 Å². The van der Waals surface area contributed by atoms with Crippen molar-refractivity contribution < 1.29 is 9.32 Å². The van der Waals surface area contributed by atoms with Crippen LogP contribution in [0.1, 0.15) is 23.0 Å². The Labute approximate surface area is 143 Å². The average Bonchev–Trinajstić information content (AvgIpc) is 3.36. The number of rotatable bonds is 4. The summed E-state index contributed by atoms with van der Waals surface area (Å²) >= 11 is 1.62. The van der Waals surface area contributed by atoms with Crippen LogP contribution in [0.5, 0.6) is 0 Å². The second-order valence-corrected chi connectivity index (χ2v) is 6.81. The van der Waals surface area contributed by atoms with E-state index in [4.69, 9.17) is 4.52 Å². The molecule has 0 N–H and O–H groups in total. The van der Waals surface area contributed by atoms with Gasteiger partial charge in [0.2, 0.25) is 5.91 Å². The molecule has 3 aromatic rings. The molecule has 6 nitrogen and oxygen atoms in total. The van der Waals surface area contributed by atoms with E-state index in [2.05, 4.69) is 15.1 Å². The molecule has 0 bridgehead atoms. The number of hydrogen-bond acceptors (Lipinski definition) is 6. The van der Waals surface area contributed by atoms with Crippen LogP contribution in [0.4, 0.5) is 0 Å². The van der Waals surface area contributed by atoms with Gasteiger partial charge < -0.3 is 9.42 Å². The highest BCUT2D eigenvalue weighted by molar-refractivity contribution is 7.10. The third kappa shape index (κ3) is 3.07. The van der Waals surface area contributed by atoms with Gasteiger partial charge in [-0.05, 0) is 30.0 Å². The first-order chi connectivity index (χ1) is 11.8. The number of amides is 1. The highest BCUT2D eigenvalue weighted by atomic mass is 32.1. The van der Waals surface area contributed by atoms with Crippen molar-refractivity contribution in [2.75, 3.05) is 13.1 Å². The smallest absolute Gasteiger partial charge is 0.259 e. The minimum absolute atomic E-state index is 0.131. The fraction of sp³-hybridized carbons (Fsp3) is 0.294. The second kappa shape index (κ2) is 6.52. The van der Waals surface area contributed by atoms with Gasteiger partial charge in [0.1, 0.15) is 0 Å². The van der Waals surface area contributed by atoms with E-state index in [1.54, 1.807) is 23.7 Å². The van der Waals surface area contributed by atoms with Crippen LogP contribution in [0.25, 0.3) is 11.5 Å². The SMILES string of the molecule is O=C(Cc1cccs1)N1CCC(c2noc(-c3cccnc3)n2)C1. The number of carbonyl (C=O) groups excluding carboxylic acids is 1. The molecule has 4 heterocycles. The predicted octanol–water partition coefficient (Wildman–Crippen LogP) is 2.75. The molecule has 24 heavy (non-hydrogen) atoms. The van der Waals surface area contributed by atoms with E-state index >= 15 is 0 Å². The Morgan fingerprint density at radius 2 is 2.33 bits per heavy atom. The molecule has 1 amide bonds. The van der Waals surface area contributed by atoms with E-state index in [-0.39, 0.29) is 11.8 Å². The Balaban J connectivity index is 1.42. The minimum Gasteiger partial charge on any atom is -0.342 e. The van der Waals surface area contributed by atoms with Crippen molar-refractivity contribution in [2.45, 2.75) is 18.8 Å². The second-order valence-electron chi connectivity index (χ2n) is 5.78. The summed E-state index contributed by atoms with van der Waals surface area (Å²) in [6, 6.07) is 7.68. The van der Waals surface area contributed by atoms with Crippen molar-refractivity contribution in [3.8, 4) is 11.5 Å². The van der Waals surface area contributed by atoms with Gasteiger partial charge in [0.15, 0.2) is 5.82 Å². The molecule has 3 aromatic heterocycles. The first-order valence-corrected chi connectivity index (χ1v) is 8.72.